The lowest BCUT2D eigenvalue weighted by molar-refractivity contribution is -0.384. The number of aliphatic carboxylic acids is 1. The molecule has 5 nitrogen and oxygen atoms in total. The van der Waals surface area contributed by atoms with Gasteiger partial charge in [0.15, 0.2) is 0 Å². The van der Waals surface area contributed by atoms with E-state index in [-0.39, 0.29) is 11.6 Å². The highest BCUT2D eigenvalue weighted by Crippen LogP contribution is 2.35. The van der Waals surface area contributed by atoms with E-state index in [0.717, 1.165) is 18.4 Å². The van der Waals surface area contributed by atoms with Gasteiger partial charge in [0, 0.05) is 18.1 Å². The Morgan fingerprint density at radius 3 is 2.22 bits per heavy atom. The number of non-ortho nitro benzene ring substituents is 1. The van der Waals surface area contributed by atoms with Crippen LogP contribution in [-0.4, -0.2) is 16.0 Å². The number of nitro benzene ring substituents is 1. The van der Waals surface area contributed by atoms with Crippen molar-refractivity contribution >= 4 is 11.7 Å². The van der Waals surface area contributed by atoms with Crippen molar-refractivity contribution in [1.29, 1.82) is 0 Å². The van der Waals surface area contributed by atoms with Crippen LogP contribution in [-0.2, 0) is 4.79 Å². The Kier molecular flexibility index (Phi) is 3.60. The van der Waals surface area contributed by atoms with E-state index in [9.17, 15) is 14.9 Å². The summed E-state index contributed by atoms with van der Waals surface area (Å²) in [5.41, 5.74) is 1.07. The van der Waals surface area contributed by atoms with Crippen LogP contribution in [0.1, 0.15) is 31.2 Å². The van der Waals surface area contributed by atoms with Gasteiger partial charge < -0.3 is 5.11 Å². The van der Waals surface area contributed by atoms with E-state index in [4.69, 9.17) is 5.11 Å². The fourth-order valence-corrected chi connectivity index (χ4v) is 2.32. The third-order valence-electron chi connectivity index (χ3n) is 3.42. The number of carbonyl (C=O) groups is 1. The zero-order valence-corrected chi connectivity index (χ0v) is 9.83. The Labute approximate surface area is 105 Å². The second-order valence-corrected chi connectivity index (χ2v) is 4.52. The van der Waals surface area contributed by atoms with Crippen molar-refractivity contribution < 1.29 is 14.8 Å². The predicted octanol–water partition coefficient (Wildman–Crippen LogP) is 2.79. The van der Waals surface area contributed by atoms with Gasteiger partial charge in [-0.3, -0.25) is 14.9 Å². The third-order valence-corrected chi connectivity index (χ3v) is 3.42. The minimum absolute atomic E-state index is 0.0820. The molecule has 18 heavy (non-hydrogen) atoms. The van der Waals surface area contributed by atoms with Gasteiger partial charge in [0.25, 0.3) is 5.69 Å². The molecule has 0 aliphatic heterocycles. The molecule has 1 aliphatic rings. The minimum Gasteiger partial charge on any atom is -0.481 e. The van der Waals surface area contributed by atoms with Crippen molar-refractivity contribution in [3.8, 4) is 0 Å². The molecule has 1 saturated carbocycles. The van der Waals surface area contributed by atoms with Gasteiger partial charge in [-0.1, -0.05) is 12.1 Å². The number of nitrogens with zero attached hydrogens (tertiary/aromatic N) is 1. The highest BCUT2D eigenvalue weighted by atomic mass is 16.6. The van der Waals surface area contributed by atoms with E-state index in [1.807, 2.05) is 0 Å². The first-order valence-corrected chi connectivity index (χ1v) is 5.90. The third kappa shape index (κ3) is 2.67. The van der Waals surface area contributed by atoms with Crippen LogP contribution >= 0.6 is 0 Å². The summed E-state index contributed by atoms with van der Waals surface area (Å²) in [6, 6.07) is 6.47. The number of hydrogen-bond acceptors (Lipinski definition) is 3. The summed E-state index contributed by atoms with van der Waals surface area (Å²) in [5, 5.41) is 19.4. The van der Waals surface area contributed by atoms with E-state index in [1.165, 1.54) is 18.1 Å². The molecule has 1 N–H and O–H groups in total. The van der Waals surface area contributed by atoms with Gasteiger partial charge in [-0.15, -0.1) is 0 Å². The van der Waals surface area contributed by atoms with Gasteiger partial charge in [0.05, 0.1) is 10.8 Å². The summed E-state index contributed by atoms with van der Waals surface area (Å²) in [4.78, 5) is 21.0. The van der Waals surface area contributed by atoms with Crippen LogP contribution in [0, 0.1) is 22.0 Å². The average Bonchev–Trinajstić information content (AvgIpc) is 2.39. The van der Waals surface area contributed by atoms with E-state index in [1.54, 1.807) is 12.1 Å². The molecule has 0 unspecified atom stereocenters. The molecule has 1 aliphatic carbocycles. The molecule has 1 aromatic rings. The van der Waals surface area contributed by atoms with Crippen molar-refractivity contribution in [2.24, 2.45) is 5.92 Å². The first kappa shape index (κ1) is 12.5. The van der Waals surface area contributed by atoms with E-state index in [2.05, 4.69) is 0 Å². The lowest BCUT2D eigenvalue weighted by Gasteiger charge is -2.25. The summed E-state index contributed by atoms with van der Waals surface area (Å²) in [5.74, 6) is 0.229. The lowest BCUT2D eigenvalue weighted by atomic mass is 9.79. The van der Waals surface area contributed by atoms with E-state index < -0.39 is 10.9 Å². The second-order valence-electron chi connectivity index (χ2n) is 4.52. The van der Waals surface area contributed by atoms with Crippen molar-refractivity contribution in [3.05, 3.63) is 45.9 Å². The molecule has 0 amide bonds. The number of hydrogen-bond donors (Lipinski definition) is 1. The largest absolute Gasteiger partial charge is 0.481 e. The molecule has 1 fully saturated rings. The Hall–Kier alpha value is -1.91. The molecule has 0 bridgehead atoms. The maximum atomic E-state index is 10.8. The van der Waals surface area contributed by atoms with Crippen LogP contribution in [0.25, 0.3) is 0 Å². The molecule has 5 heteroatoms. The zero-order chi connectivity index (χ0) is 13.1. The Bertz CT molecular complexity index is 447. The standard InChI is InChI=1S/C13H14NO4/c15-13(16)11-3-1-9(2-4-11)10-5-7-12(8-6-10)14(17)18/h5-8,11H,1-4H2,(H,15,16). The first-order chi connectivity index (χ1) is 8.58. The minimum atomic E-state index is -0.724. The predicted molar refractivity (Wildman–Crippen MR) is 65.0 cm³/mol. The van der Waals surface area contributed by atoms with Gasteiger partial charge in [0.2, 0.25) is 0 Å². The number of rotatable bonds is 3. The highest BCUT2D eigenvalue weighted by Gasteiger charge is 2.27. The molecule has 1 aromatic carbocycles. The summed E-state index contributed by atoms with van der Waals surface area (Å²) in [7, 11) is 0. The molecule has 0 aromatic heterocycles. The van der Waals surface area contributed by atoms with Gasteiger partial charge in [-0.05, 0) is 31.2 Å². The molecule has 0 heterocycles. The molecule has 95 valence electrons. The van der Waals surface area contributed by atoms with Crippen molar-refractivity contribution in [3.63, 3.8) is 0 Å². The normalized spacial score (nSPS) is 17.6. The fraction of sp³-hybridized carbons (Fsp3) is 0.385. The van der Waals surface area contributed by atoms with Crippen LogP contribution in [0.5, 0.6) is 0 Å². The molecule has 0 spiro atoms. The quantitative estimate of drug-likeness (QED) is 0.658. The van der Waals surface area contributed by atoms with E-state index >= 15 is 0 Å². The molecular formula is C13H14NO4. The summed E-state index contributed by atoms with van der Waals surface area (Å²) >= 11 is 0. The summed E-state index contributed by atoms with van der Waals surface area (Å²) in [6.07, 6.45) is 2.83. The van der Waals surface area contributed by atoms with Crippen LogP contribution in [0.3, 0.4) is 0 Å². The molecular weight excluding hydrogens is 234 g/mol. The first-order valence-electron chi connectivity index (χ1n) is 5.90. The SMILES string of the molecule is O=C(O)C1CC[C](c2ccc([N+](=O)[O-])cc2)CC1. The maximum absolute atomic E-state index is 10.8. The maximum Gasteiger partial charge on any atom is 0.306 e. The second kappa shape index (κ2) is 5.16. The van der Waals surface area contributed by atoms with E-state index in [0.29, 0.717) is 12.8 Å². The Balaban J connectivity index is 2.01. The highest BCUT2D eigenvalue weighted by molar-refractivity contribution is 5.70. The number of nitro groups is 1. The smallest absolute Gasteiger partial charge is 0.306 e. The van der Waals surface area contributed by atoms with Crippen molar-refractivity contribution in [2.75, 3.05) is 0 Å². The molecule has 1 radical (unpaired) electrons. The Morgan fingerprint density at radius 1 is 1.22 bits per heavy atom. The van der Waals surface area contributed by atoms with Gasteiger partial charge in [-0.25, -0.2) is 0 Å². The number of carboxylic acids is 1. The molecule has 0 saturated heterocycles. The van der Waals surface area contributed by atoms with Crippen molar-refractivity contribution in [2.45, 2.75) is 25.7 Å². The zero-order valence-electron chi connectivity index (χ0n) is 9.83. The van der Waals surface area contributed by atoms with Crippen LogP contribution < -0.4 is 0 Å². The fourth-order valence-electron chi connectivity index (χ4n) is 2.32. The molecule has 2 rings (SSSR count). The average molecular weight is 248 g/mol. The number of benzene rings is 1. The monoisotopic (exact) mass is 248 g/mol. The van der Waals surface area contributed by atoms with Gasteiger partial charge >= 0.3 is 5.97 Å². The summed E-state index contributed by atoms with van der Waals surface area (Å²) in [6.45, 7) is 0. The van der Waals surface area contributed by atoms with Crippen LogP contribution in [0.4, 0.5) is 5.69 Å². The number of carboxylic acid groups (broad SMARTS) is 1. The van der Waals surface area contributed by atoms with Crippen LogP contribution in [0.15, 0.2) is 24.3 Å². The summed E-state index contributed by atoms with van der Waals surface area (Å²) < 4.78 is 0. The topological polar surface area (TPSA) is 80.4 Å². The Morgan fingerprint density at radius 2 is 1.78 bits per heavy atom. The van der Waals surface area contributed by atoms with Gasteiger partial charge in [0.1, 0.15) is 0 Å². The molecule has 0 atom stereocenters. The van der Waals surface area contributed by atoms with Crippen molar-refractivity contribution in [1.82, 2.24) is 0 Å². The van der Waals surface area contributed by atoms with Crippen LogP contribution in [0.2, 0.25) is 0 Å². The van der Waals surface area contributed by atoms with Gasteiger partial charge in [-0.2, -0.15) is 0 Å². The lowest BCUT2D eigenvalue weighted by Crippen LogP contribution is -2.20.